The molecule has 1 aromatic rings. The molecule has 4 heteroatoms. The summed E-state index contributed by atoms with van der Waals surface area (Å²) in [7, 11) is 0. The van der Waals surface area contributed by atoms with E-state index in [2.05, 4.69) is 13.0 Å². The Bertz CT molecular complexity index is 472. The van der Waals surface area contributed by atoms with E-state index in [-0.39, 0.29) is 24.5 Å². The van der Waals surface area contributed by atoms with Crippen molar-refractivity contribution in [3.63, 3.8) is 0 Å². The van der Waals surface area contributed by atoms with Crippen LogP contribution in [-0.2, 0) is 11.2 Å². The number of ether oxygens (including phenoxy) is 1. The Kier molecular flexibility index (Phi) is 4.10. The van der Waals surface area contributed by atoms with E-state index in [1.807, 2.05) is 19.1 Å². The summed E-state index contributed by atoms with van der Waals surface area (Å²) in [5.74, 6) is 0.258. The van der Waals surface area contributed by atoms with Gasteiger partial charge in [-0.05, 0) is 36.5 Å². The molecule has 104 valence electrons. The van der Waals surface area contributed by atoms with Gasteiger partial charge in [-0.2, -0.15) is 0 Å². The van der Waals surface area contributed by atoms with Crippen LogP contribution in [0.4, 0.5) is 0 Å². The minimum Gasteiger partial charge on any atom is -0.490 e. The van der Waals surface area contributed by atoms with Crippen LogP contribution in [0.15, 0.2) is 18.2 Å². The summed E-state index contributed by atoms with van der Waals surface area (Å²) in [5.41, 5.74) is 8.43. The lowest BCUT2D eigenvalue weighted by molar-refractivity contribution is -0.138. The molecule has 0 aromatic heterocycles. The van der Waals surface area contributed by atoms with Gasteiger partial charge in [-0.1, -0.05) is 19.1 Å². The first-order chi connectivity index (χ1) is 8.95. The predicted octanol–water partition coefficient (Wildman–Crippen LogP) is 2.51. The highest BCUT2D eigenvalue weighted by Crippen LogP contribution is 2.32. The molecule has 2 rings (SSSR count). The smallest absolute Gasteiger partial charge is 0.303 e. The van der Waals surface area contributed by atoms with Crippen molar-refractivity contribution in [2.75, 3.05) is 0 Å². The molecule has 3 atom stereocenters. The summed E-state index contributed by atoms with van der Waals surface area (Å²) < 4.78 is 5.66. The van der Waals surface area contributed by atoms with Crippen LogP contribution >= 0.6 is 0 Å². The number of hydrogen-bond acceptors (Lipinski definition) is 3. The molecular weight excluding hydrogens is 242 g/mol. The summed E-state index contributed by atoms with van der Waals surface area (Å²) in [4.78, 5) is 10.7. The van der Waals surface area contributed by atoms with Crippen LogP contribution in [0.1, 0.15) is 43.9 Å². The van der Waals surface area contributed by atoms with E-state index in [4.69, 9.17) is 15.6 Å². The lowest BCUT2D eigenvalue weighted by atomic mass is 9.93. The van der Waals surface area contributed by atoms with E-state index in [1.54, 1.807) is 0 Å². The van der Waals surface area contributed by atoms with Crippen LogP contribution in [0.2, 0.25) is 0 Å². The van der Waals surface area contributed by atoms with Crippen LogP contribution in [0, 0.1) is 5.92 Å². The molecule has 1 aliphatic rings. The van der Waals surface area contributed by atoms with Crippen molar-refractivity contribution in [3.8, 4) is 5.75 Å². The lowest BCUT2D eigenvalue weighted by Crippen LogP contribution is -2.16. The Balaban J connectivity index is 2.02. The largest absolute Gasteiger partial charge is 0.490 e. The molecule has 0 amide bonds. The van der Waals surface area contributed by atoms with Gasteiger partial charge in [0.15, 0.2) is 0 Å². The van der Waals surface area contributed by atoms with Crippen LogP contribution in [-0.4, -0.2) is 17.2 Å². The summed E-state index contributed by atoms with van der Waals surface area (Å²) in [5, 5.41) is 8.77. The third-order valence-electron chi connectivity index (χ3n) is 3.53. The topological polar surface area (TPSA) is 72.5 Å². The van der Waals surface area contributed by atoms with E-state index >= 15 is 0 Å². The van der Waals surface area contributed by atoms with Gasteiger partial charge < -0.3 is 15.6 Å². The van der Waals surface area contributed by atoms with Crippen molar-refractivity contribution in [1.29, 1.82) is 0 Å². The number of rotatable bonds is 5. The molecule has 1 heterocycles. The first kappa shape index (κ1) is 13.9. The molecule has 0 aliphatic carbocycles. The molecule has 1 aromatic carbocycles. The number of carboxylic acid groups (broad SMARTS) is 1. The van der Waals surface area contributed by atoms with Crippen molar-refractivity contribution in [3.05, 3.63) is 29.3 Å². The molecule has 3 N–H and O–H groups in total. The van der Waals surface area contributed by atoms with E-state index in [9.17, 15) is 4.79 Å². The van der Waals surface area contributed by atoms with Gasteiger partial charge in [-0.3, -0.25) is 4.79 Å². The second-order valence-corrected chi connectivity index (χ2v) is 5.54. The summed E-state index contributed by atoms with van der Waals surface area (Å²) >= 11 is 0. The van der Waals surface area contributed by atoms with Gasteiger partial charge in [-0.25, -0.2) is 0 Å². The summed E-state index contributed by atoms with van der Waals surface area (Å²) in [6, 6.07) is 5.93. The normalized spacial score (nSPS) is 20.5. The van der Waals surface area contributed by atoms with E-state index in [0.29, 0.717) is 6.42 Å². The number of nitrogens with two attached hydrogens (primary N) is 1. The summed E-state index contributed by atoms with van der Waals surface area (Å²) in [6.45, 7) is 3.97. The number of fused-ring (bicyclic) bond motifs is 1. The molecule has 0 bridgehead atoms. The Labute approximate surface area is 113 Å². The molecule has 19 heavy (non-hydrogen) atoms. The van der Waals surface area contributed by atoms with Crippen molar-refractivity contribution < 1.29 is 14.6 Å². The zero-order chi connectivity index (χ0) is 14.0. The molecule has 1 aliphatic heterocycles. The van der Waals surface area contributed by atoms with Gasteiger partial charge in [0.25, 0.3) is 0 Å². The van der Waals surface area contributed by atoms with Gasteiger partial charge in [0.2, 0.25) is 0 Å². The molecule has 0 fully saturated rings. The highest BCUT2D eigenvalue weighted by molar-refractivity contribution is 5.66. The van der Waals surface area contributed by atoms with Crippen molar-refractivity contribution in [2.45, 2.75) is 45.3 Å². The van der Waals surface area contributed by atoms with Crippen molar-refractivity contribution in [1.82, 2.24) is 0 Å². The molecule has 0 spiro atoms. The fourth-order valence-electron chi connectivity index (χ4n) is 2.62. The van der Waals surface area contributed by atoms with Gasteiger partial charge in [0, 0.05) is 18.9 Å². The average molecular weight is 263 g/mol. The maximum Gasteiger partial charge on any atom is 0.303 e. The molecule has 0 saturated carbocycles. The zero-order valence-electron chi connectivity index (χ0n) is 11.4. The number of carboxylic acids is 1. The lowest BCUT2D eigenvalue weighted by Gasteiger charge is -2.17. The predicted molar refractivity (Wildman–Crippen MR) is 73.2 cm³/mol. The second-order valence-electron chi connectivity index (χ2n) is 5.54. The standard InChI is InChI=1S/C15H21NO3/c1-9(6-15(17)18)5-13(16)11-3-4-14-12(8-11)7-10(2)19-14/h3-4,8-10,13H,5-7,16H2,1-2H3,(H,17,18). The van der Waals surface area contributed by atoms with E-state index in [0.717, 1.165) is 17.7 Å². The maximum absolute atomic E-state index is 10.7. The van der Waals surface area contributed by atoms with E-state index in [1.165, 1.54) is 5.56 Å². The Morgan fingerprint density at radius 2 is 2.32 bits per heavy atom. The van der Waals surface area contributed by atoms with Gasteiger partial charge in [-0.15, -0.1) is 0 Å². The SMILES string of the molecule is CC(CC(=O)O)CC(N)c1ccc2c(c1)CC(C)O2. The van der Waals surface area contributed by atoms with Crippen LogP contribution in [0.25, 0.3) is 0 Å². The quantitative estimate of drug-likeness (QED) is 0.856. The zero-order valence-corrected chi connectivity index (χ0v) is 11.4. The minimum absolute atomic E-state index is 0.0796. The number of hydrogen-bond donors (Lipinski definition) is 2. The number of benzene rings is 1. The van der Waals surface area contributed by atoms with Crippen molar-refractivity contribution in [2.24, 2.45) is 11.7 Å². The second kappa shape index (κ2) is 5.61. The fraction of sp³-hybridized carbons (Fsp3) is 0.533. The monoisotopic (exact) mass is 263 g/mol. The average Bonchev–Trinajstić information content (AvgIpc) is 2.66. The van der Waals surface area contributed by atoms with Crippen LogP contribution in [0.3, 0.4) is 0 Å². The van der Waals surface area contributed by atoms with E-state index < -0.39 is 5.97 Å². The van der Waals surface area contributed by atoms with Crippen LogP contribution in [0.5, 0.6) is 5.75 Å². The third-order valence-corrected chi connectivity index (χ3v) is 3.53. The van der Waals surface area contributed by atoms with Crippen molar-refractivity contribution >= 4 is 5.97 Å². The molecule has 3 unspecified atom stereocenters. The minimum atomic E-state index is -0.768. The first-order valence-corrected chi connectivity index (χ1v) is 6.72. The first-order valence-electron chi connectivity index (χ1n) is 6.72. The fourth-order valence-corrected chi connectivity index (χ4v) is 2.62. The van der Waals surface area contributed by atoms with Gasteiger partial charge in [0.1, 0.15) is 11.9 Å². The van der Waals surface area contributed by atoms with Crippen LogP contribution < -0.4 is 10.5 Å². The third kappa shape index (κ3) is 3.47. The number of aliphatic carboxylic acids is 1. The highest BCUT2D eigenvalue weighted by Gasteiger charge is 2.21. The maximum atomic E-state index is 10.7. The van der Waals surface area contributed by atoms with Gasteiger partial charge in [0.05, 0.1) is 0 Å². The Hall–Kier alpha value is -1.55. The Morgan fingerprint density at radius 1 is 1.58 bits per heavy atom. The molecular formula is C15H21NO3. The summed E-state index contributed by atoms with van der Waals surface area (Å²) in [6.07, 6.45) is 1.99. The molecule has 0 radical (unpaired) electrons. The number of carbonyl (C=O) groups is 1. The highest BCUT2D eigenvalue weighted by atomic mass is 16.5. The Morgan fingerprint density at radius 3 is 3.00 bits per heavy atom. The molecule has 0 saturated heterocycles. The molecule has 4 nitrogen and oxygen atoms in total. The van der Waals surface area contributed by atoms with Gasteiger partial charge >= 0.3 is 5.97 Å².